The second-order valence-corrected chi connectivity index (χ2v) is 13.3. The standard InChI is InChI=1S/C47H28N4O/c1-2-12-31(13-3-1)45-48-46(33-19-18-29-10-4-5-14-32(29)26-33)50-47(49-45)34-21-23-38-39-25-22-35(28-43(39)52-42(38)27-34)51-41-17-9-8-16-37(41)40-24-20-30-11-6-7-15-36(30)44(40)51/h1-28H. The predicted molar refractivity (Wildman–Crippen MR) is 213 cm³/mol. The SMILES string of the molecule is c1ccc(-c2nc(-c3ccc4ccccc4c3)nc(-c3ccc4c(c3)oc3cc(-n5c6ccccc6c6ccc7ccccc7c65)ccc34)n2)cc1. The summed E-state index contributed by atoms with van der Waals surface area (Å²) in [4.78, 5) is 15.0. The van der Waals surface area contributed by atoms with Crippen molar-refractivity contribution < 1.29 is 4.42 Å². The van der Waals surface area contributed by atoms with Gasteiger partial charge in [0.2, 0.25) is 0 Å². The molecule has 5 heteroatoms. The smallest absolute Gasteiger partial charge is 0.164 e. The number of hydrogen-bond donors (Lipinski definition) is 0. The van der Waals surface area contributed by atoms with E-state index in [0.29, 0.717) is 17.5 Å². The Balaban J connectivity index is 1.07. The van der Waals surface area contributed by atoms with Crippen LogP contribution in [0.25, 0.3) is 105 Å². The molecule has 0 saturated heterocycles. The maximum Gasteiger partial charge on any atom is 0.164 e. The molecular weight excluding hydrogens is 637 g/mol. The number of aromatic nitrogens is 4. The zero-order chi connectivity index (χ0) is 34.2. The fourth-order valence-electron chi connectivity index (χ4n) is 7.72. The van der Waals surface area contributed by atoms with Crippen LogP contribution < -0.4 is 0 Å². The van der Waals surface area contributed by atoms with Crippen molar-refractivity contribution in [3.63, 3.8) is 0 Å². The highest BCUT2D eigenvalue weighted by Gasteiger charge is 2.18. The fourth-order valence-corrected chi connectivity index (χ4v) is 7.72. The summed E-state index contributed by atoms with van der Waals surface area (Å²) in [7, 11) is 0. The summed E-state index contributed by atoms with van der Waals surface area (Å²) in [6, 6.07) is 59.2. The molecular formula is C47H28N4O. The maximum atomic E-state index is 6.66. The summed E-state index contributed by atoms with van der Waals surface area (Å²) < 4.78 is 9.03. The Morgan fingerprint density at radius 1 is 0.365 bits per heavy atom. The molecule has 8 aromatic carbocycles. The van der Waals surface area contributed by atoms with Crippen molar-refractivity contribution in [3.8, 4) is 39.9 Å². The normalized spacial score (nSPS) is 11.8. The Kier molecular flexibility index (Phi) is 6.18. The van der Waals surface area contributed by atoms with Gasteiger partial charge in [0, 0.05) is 55.4 Å². The van der Waals surface area contributed by atoms with E-state index in [1.54, 1.807) is 0 Å². The van der Waals surface area contributed by atoms with Gasteiger partial charge < -0.3 is 8.98 Å². The third-order valence-corrected chi connectivity index (χ3v) is 10.2. The highest BCUT2D eigenvalue weighted by molar-refractivity contribution is 6.19. The van der Waals surface area contributed by atoms with Gasteiger partial charge in [-0.1, -0.05) is 127 Å². The molecule has 0 amide bonds. The number of hydrogen-bond acceptors (Lipinski definition) is 4. The summed E-state index contributed by atoms with van der Waals surface area (Å²) in [5.74, 6) is 1.85. The highest BCUT2D eigenvalue weighted by Crippen LogP contribution is 2.39. The molecule has 52 heavy (non-hydrogen) atoms. The molecule has 11 aromatic rings. The van der Waals surface area contributed by atoms with Crippen LogP contribution >= 0.6 is 0 Å². The minimum Gasteiger partial charge on any atom is -0.456 e. The van der Waals surface area contributed by atoms with Gasteiger partial charge in [-0.3, -0.25) is 0 Å². The minimum absolute atomic E-state index is 0.595. The van der Waals surface area contributed by atoms with Crippen LogP contribution in [0.3, 0.4) is 0 Å². The monoisotopic (exact) mass is 664 g/mol. The number of rotatable bonds is 4. The van der Waals surface area contributed by atoms with Crippen molar-refractivity contribution in [2.24, 2.45) is 0 Å². The van der Waals surface area contributed by atoms with Gasteiger partial charge in [-0.15, -0.1) is 0 Å². The van der Waals surface area contributed by atoms with Crippen LogP contribution in [0.15, 0.2) is 174 Å². The molecule has 11 rings (SSSR count). The lowest BCUT2D eigenvalue weighted by molar-refractivity contribution is 0.668. The zero-order valence-corrected chi connectivity index (χ0v) is 27.9. The van der Waals surface area contributed by atoms with Gasteiger partial charge in [0.15, 0.2) is 17.5 Å². The number of benzene rings is 8. The summed E-state index contributed by atoms with van der Waals surface area (Å²) >= 11 is 0. The van der Waals surface area contributed by atoms with E-state index in [1.807, 2.05) is 30.3 Å². The molecule has 3 aromatic heterocycles. The first-order valence-electron chi connectivity index (χ1n) is 17.4. The molecule has 0 radical (unpaired) electrons. The van der Waals surface area contributed by atoms with Gasteiger partial charge in [0.25, 0.3) is 0 Å². The summed E-state index contributed by atoms with van der Waals surface area (Å²) in [5, 5.41) is 9.33. The van der Waals surface area contributed by atoms with E-state index < -0.39 is 0 Å². The molecule has 3 heterocycles. The summed E-state index contributed by atoms with van der Waals surface area (Å²) in [6.45, 7) is 0. The van der Waals surface area contributed by atoms with Crippen molar-refractivity contribution >= 4 is 65.3 Å². The van der Waals surface area contributed by atoms with Gasteiger partial charge in [0.1, 0.15) is 11.2 Å². The maximum absolute atomic E-state index is 6.66. The Morgan fingerprint density at radius 3 is 1.77 bits per heavy atom. The van der Waals surface area contributed by atoms with Crippen LogP contribution in [0.1, 0.15) is 0 Å². The Labute approximate surface area is 298 Å². The van der Waals surface area contributed by atoms with Crippen molar-refractivity contribution in [2.75, 3.05) is 0 Å². The van der Waals surface area contributed by atoms with Gasteiger partial charge in [-0.2, -0.15) is 0 Å². The number of nitrogens with zero attached hydrogens (tertiary/aromatic N) is 4. The van der Waals surface area contributed by atoms with Crippen molar-refractivity contribution in [1.82, 2.24) is 19.5 Å². The average molecular weight is 665 g/mol. The second-order valence-electron chi connectivity index (χ2n) is 13.3. The summed E-state index contributed by atoms with van der Waals surface area (Å²) in [5.41, 5.74) is 7.76. The summed E-state index contributed by atoms with van der Waals surface area (Å²) in [6.07, 6.45) is 0. The molecule has 0 N–H and O–H groups in total. The van der Waals surface area contributed by atoms with Crippen LogP contribution in [0.5, 0.6) is 0 Å². The largest absolute Gasteiger partial charge is 0.456 e. The van der Waals surface area contributed by atoms with Crippen molar-refractivity contribution in [3.05, 3.63) is 170 Å². The highest BCUT2D eigenvalue weighted by atomic mass is 16.3. The molecule has 0 fully saturated rings. The van der Waals surface area contributed by atoms with E-state index in [1.165, 1.54) is 32.4 Å². The molecule has 242 valence electrons. The van der Waals surface area contributed by atoms with Crippen molar-refractivity contribution in [2.45, 2.75) is 0 Å². The first kappa shape index (κ1) is 28.7. The van der Waals surface area contributed by atoms with E-state index in [2.05, 4.69) is 144 Å². The molecule has 0 aliphatic carbocycles. The van der Waals surface area contributed by atoms with E-state index >= 15 is 0 Å². The zero-order valence-electron chi connectivity index (χ0n) is 27.9. The third kappa shape index (κ3) is 4.46. The van der Waals surface area contributed by atoms with Gasteiger partial charge in [0.05, 0.1) is 11.0 Å². The third-order valence-electron chi connectivity index (χ3n) is 10.2. The van der Waals surface area contributed by atoms with Gasteiger partial charge in [-0.25, -0.2) is 15.0 Å². The number of furan rings is 1. The van der Waals surface area contributed by atoms with Crippen LogP contribution in [-0.4, -0.2) is 19.5 Å². The van der Waals surface area contributed by atoms with E-state index in [0.717, 1.165) is 55.2 Å². The molecule has 0 unspecified atom stereocenters. The van der Waals surface area contributed by atoms with Crippen LogP contribution in [0, 0.1) is 0 Å². The Hall–Kier alpha value is -7.11. The van der Waals surface area contributed by atoms with Crippen LogP contribution in [-0.2, 0) is 0 Å². The van der Waals surface area contributed by atoms with E-state index in [-0.39, 0.29) is 0 Å². The van der Waals surface area contributed by atoms with E-state index in [9.17, 15) is 0 Å². The van der Waals surface area contributed by atoms with Gasteiger partial charge in [-0.05, 0) is 52.6 Å². The average Bonchev–Trinajstić information content (AvgIpc) is 3.76. The van der Waals surface area contributed by atoms with E-state index in [4.69, 9.17) is 19.4 Å². The van der Waals surface area contributed by atoms with Crippen LogP contribution in [0.4, 0.5) is 0 Å². The molecule has 0 saturated carbocycles. The molecule has 0 aliphatic rings. The Bertz CT molecular complexity index is 3190. The first-order chi connectivity index (χ1) is 25.7. The second kappa shape index (κ2) is 11.2. The molecule has 5 nitrogen and oxygen atoms in total. The lowest BCUT2D eigenvalue weighted by Gasteiger charge is -2.10. The van der Waals surface area contributed by atoms with Gasteiger partial charge >= 0.3 is 0 Å². The topological polar surface area (TPSA) is 56.7 Å². The lowest BCUT2D eigenvalue weighted by atomic mass is 10.1. The fraction of sp³-hybridized carbons (Fsp3) is 0. The number of fused-ring (bicyclic) bond motifs is 9. The molecule has 0 aliphatic heterocycles. The predicted octanol–water partition coefficient (Wildman–Crippen LogP) is 12.2. The molecule has 0 spiro atoms. The van der Waals surface area contributed by atoms with Crippen LogP contribution in [0.2, 0.25) is 0 Å². The minimum atomic E-state index is 0.595. The lowest BCUT2D eigenvalue weighted by Crippen LogP contribution is -2.00. The molecule has 0 atom stereocenters. The van der Waals surface area contributed by atoms with Crippen molar-refractivity contribution in [1.29, 1.82) is 0 Å². The Morgan fingerprint density at radius 2 is 0.942 bits per heavy atom. The number of para-hydroxylation sites is 1. The quantitative estimate of drug-likeness (QED) is 0.188. The molecule has 0 bridgehead atoms. The first-order valence-corrected chi connectivity index (χ1v) is 17.4.